The van der Waals surface area contributed by atoms with Crippen LogP contribution in [-0.4, -0.2) is 29.0 Å². The van der Waals surface area contributed by atoms with Crippen molar-refractivity contribution in [3.05, 3.63) is 64.5 Å². The van der Waals surface area contributed by atoms with Gasteiger partial charge in [-0.15, -0.1) is 0 Å². The molecule has 0 radical (unpaired) electrons. The van der Waals surface area contributed by atoms with Gasteiger partial charge in [0.15, 0.2) is 5.96 Å². The highest BCUT2D eigenvalue weighted by Crippen LogP contribution is 2.11. The number of hydrogen-bond acceptors (Lipinski definition) is 3. The second-order valence-electron chi connectivity index (χ2n) is 4.70. The number of rotatable bonds is 6. The molecule has 1 aromatic heterocycles. The summed E-state index contributed by atoms with van der Waals surface area (Å²) in [6.45, 7) is 2.17. The molecule has 116 valence electrons. The van der Waals surface area contributed by atoms with E-state index in [0.717, 1.165) is 18.7 Å². The number of nitro benzene ring substituents is 1. The molecule has 0 aliphatic rings. The zero-order chi connectivity index (χ0) is 15.8. The van der Waals surface area contributed by atoms with E-state index in [4.69, 9.17) is 0 Å². The first-order valence-electron chi connectivity index (χ1n) is 6.97. The third-order valence-corrected chi connectivity index (χ3v) is 3.16. The first kappa shape index (κ1) is 15.6. The minimum Gasteiger partial charge on any atom is -0.355 e. The van der Waals surface area contributed by atoms with Gasteiger partial charge in [0, 0.05) is 51.2 Å². The summed E-state index contributed by atoms with van der Waals surface area (Å²) < 4.78 is 2.08. The summed E-state index contributed by atoms with van der Waals surface area (Å²) in [6, 6.07) is 10.4. The number of aromatic nitrogens is 1. The van der Waals surface area contributed by atoms with Gasteiger partial charge in [-0.1, -0.05) is 12.1 Å². The van der Waals surface area contributed by atoms with Crippen LogP contribution in [0.3, 0.4) is 0 Å². The molecule has 22 heavy (non-hydrogen) atoms. The number of non-ortho nitro benzene ring substituents is 1. The van der Waals surface area contributed by atoms with Gasteiger partial charge in [0.05, 0.1) is 4.92 Å². The van der Waals surface area contributed by atoms with E-state index in [0.29, 0.717) is 12.5 Å². The Balaban J connectivity index is 1.77. The molecule has 0 saturated carbocycles. The minimum atomic E-state index is -0.404. The van der Waals surface area contributed by atoms with Crippen LogP contribution in [0.15, 0.2) is 53.8 Å². The predicted molar refractivity (Wildman–Crippen MR) is 85.7 cm³/mol. The normalized spacial score (nSPS) is 11.2. The van der Waals surface area contributed by atoms with Gasteiger partial charge in [-0.3, -0.25) is 15.1 Å². The summed E-state index contributed by atoms with van der Waals surface area (Å²) in [6.07, 6.45) is 4.02. The SMILES string of the molecule is CN=C(NCCn1cccc1)NCc1ccc([N+](=O)[O-])cc1. The first-order chi connectivity index (χ1) is 10.7. The fourth-order valence-electron chi connectivity index (χ4n) is 1.96. The summed E-state index contributed by atoms with van der Waals surface area (Å²) in [5, 5.41) is 17.0. The summed E-state index contributed by atoms with van der Waals surface area (Å²) in [7, 11) is 1.71. The molecule has 0 amide bonds. The van der Waals surface area contributed by atoms with E-state index in [1.54, 1.807) is 19.2 Å². The molecule has 0 aliphatic carbocycles. The summed E-state index contributed by atoms with van der Waals surface area (Å²) in [4.78, 5) is 14.3. The molecule has 1 aromatic carbocycles. The van der Waals surface area contributed by atoms with Crippen LogP contribution in [0.4, 0.5) is 5.69 Å². The highest BCUT2D eigenvalue weighted by atomic mass is 16.6. The molecular formula is C15H19N5O2. The second kappa shape index (κ2) is 7.82. The van der Waals surface area contributed by atoms with E-state index >= 15 is 0 Å². The van der Waals surface area contributed by atoms with Gasteiger partial charge >= 0.3 is 0 Å². The molecule has 0 spiro atoms. The number of aliphatic imine (C=N–C) groups is 1. The summed E-state index contributed by atoms with van der Waals surface area (Å²) in [5.74, 6) is 0.700. The van der Waals surface area contributed by atoms with E-state index < -0.39 is 4.92 Å². The van der Waals surface area contributed by atoms with E-state index in [9.17, 15) is 10.1 Å². The van der Waals surface area contributed by atoms with Crippen LogP contribution in [0.5, 0.6) is 0 Å². The van der Waals surface area contributed by atoms with Crippen LogP contribution in [-0.2, 0) is 13.1 Å². The van der Waals surface area contributed by atoms with Crippen LogP contribution in [0.1, 0.15) is 5.56 Å². The van der Waals surface area contributed by atoms with E-state index in [1.165, 1.54) is 12.1 Å². The lowest BCUT2D eigenvalue weighted by atomic mass is 10.2. The van der Waals surface area contributed by atoms with Gasteiger partial charge in [0.1, 0.15) is 0 Å². The maximum Gasteiger partial charge on any atom is 0.269 e. The topological polar surface area (TPSA) is 84.5 Å². The molecule has 0 aliphatic heterocycles. The molecular weight excluding hydrogens is 282 g/mol. The molecule has 2 rings (SSSR count). The Morgan fingerprint density at radius 2 is 1.91 bits per heavy atom. The fraction of sp³-hybridized carbons (Fsp3) is 0.267. The van der Waals surface area contributed by atoms with Crippen molar-refractivity contribution in [2.24, 2.45) is 4.99 Å². The van der Waals surface area contributed by atoms with Gasteiger partial charge in [-0.2, -0.15) is 0 Å². The fourth-order valence-corrected chi connectivity index (χ4v) is 1.96. The smallest absolute Gasteiger partial charge is 0.269 e. The molecule has 0 saturated heterocycles. The molecule has 2 aromatic rings. The van der Waals surface area contributed by atoms with Crippen molar-refractivity contribution in [2.45, 2.75) is 13.1 Å². The third kappa shape index (κ3) is 4.62. The molecule has 2 N–H and O–H groups in total. The van der Waals surface area contributed by atoms with Gasteiger partial charge in [0.2, 0.25) is 0 Å². The summed E-state index contributed by atoms with van der Waals surface area (Å²) in [5.41, 5.74) is 1.05. The Morgan fingerprint density at radius 1 is 1.23 bits per heavy atom. The second-order valence-corrected chi connectivity index (χ2v) is 4.70. The number of guanidine groups is 1. The predicted octanol–water partition coefficient (Wildman–Crippen LogP) is 1.76. The zero-order valence-corrected chi connectivity index (χ0v) is 12.4. The van der Waals surface area contributed by atoms with Crippen molar-refractivity contribution in [3.8, 4) is 0 Å². The lowest BCUT2D eigenvalue weighted by molar-refractivity contribution is -0.384. The number of benzene rings is 1. The summed E-state index contributed by atoms with van der Waals surface area (Å²) >= 11 is 0. The maximum absolute atomic E-state index is 10.6. The Labute approximate surface area is 128 Å². The molecule has 1 heterocycles. The Bertz CT molecular complexity index is 620. The van der Waals surface area contributed by atoms with Gasteiger partial charge in [0.25, 0.3) is 5.69 Å². The molecule has 0 atom stereocenters. The average Bonchev–Trinajstić information content (AvgIpc) is 3.04. The van der Waals surface area contributed by atoms with Crippen molar-refractivity contribution in [1.29, 1.82) is 0 Å². The highest BCUT2D eigenvalue weighted by Gasteiger charge is 2.04. The van der Waals surface area contributed by atoms with Crippen molar-refractivity contribution in [1.82, 2.24) is 15.2 Å². The van der Waals surface area contributed by atoms with Gasteiger partial charge in [-0.25, -0.2) is 0 Å². The van der Waals surface area contributed by atoms with E-state index in [1.807, 2.05) is 24.5 Å². The lowest BCUT2D eigenvalue weighted by Crippen LogP contribution is -2.38. The van der Waals surface area contributed by atoms with Gasteiger partial charge in [-0.05, 0) is 17.7 Å². The maximum atomic E-state index is 10.6. The number of nitrogens with zero attached hydrogens (tertiary/aromatic N) is 3. The quantitative estimate of drug-likeness (QED) is 0.368. The highest BCUT2D eigenvalue weighted by molar-refractivity contribution is 5.79. The zero-order valence-electron chi connectivity index (χ0n) is 12.4. The van der Waals surface area contributed by atoms with Gasteiger partial charge < -0.3 is 15.2 Å². The standard InChI is InChI=1S/C15H19N5O2/c1-16-15(17-8-11-19-9-2-3-10-19)18-12-13-4-6-14(7-5-13)20(21)22/h2-7,9-10H,8,11-12H2,1H3,(H2,16,17,18). The van der Waals surface area contributed by atoms with Crippen molar-refractivity contribution >= 4 is 11.6 Å². The number of hydrogen-bond donors (Lipinski definition) is 2. The average molecular weight is 301 g/mol. The molecule has 7 nitrogen and oxygen atoms in total. The Hall–Kier alpha value is -2.83. The minimum absolute atomic E-state index is 0.0954. The first-order valence-corrected chi connectivity index (χ1v) is 6.97. The van der Waals surface area contributed by atoms with Crippen molar-refractivity contribution in [2.75, 3.05) is 13.6 Å². The molecule has 7 heteroatoms. The molecule has 0 unspecified atom stereocenters. The number of nitrogens with one attached hydrogen (secondary N) is 2. The van der Waals surface area contributed by atoms with E-state index in [-0.39, 0.29) is 5.69 Å². The van der Waals surface area contributed by atoms with Crippen LogP contribution in [0.2, 0.25) is 0 Å². The monoisotopic (exact) mass is 301 g/mol. The largest absolute Gasteiger partial charge is 0.355 e. The number of nitro groups is 1. The van der Waals surface area contributed by atoms with Crippen LogP contribution >= 0.6 is 0 Å². The molecule has 0 fully saturated rings. The Morgan fingerprint density at radius 3 is 2.50 bits per heavy atom. The van der Waals surface area contributed by atoms with Crippen LogP contribution in [0, 0.1) is 10.1 Å². The van der Waals surface area contributed by atoms with Crippen LogP contribution in [0.25, 0.3) is 0 Å². The lowest BCUT2D eigenvalue weighted by Gasteiger charge is -2.12. The molecule has 0 bridgehead atoms. The van der Waals surface area contributed by atoms with Crippen LogP contribution < -0.4 is 10.6 Å². The Kier molecular flexibility index (Phi) is 5.53. The van der Waals surface area contributed by atoms with E-state index in [2.05, 4.69) is 20.2 Å². The third-order valence-electron chi connectivity index (χ3n) is 3.16. The van der Waals surface area contributed by atoms with Crippen molar-refractivity contribution in [3.63, 3.8) is 0 Å². The van der Waals surface area contributed by atoms with Crippen molar-refractivity contribution < 1.29 is 4.92 Å².